The van der Waals surface area contributed by atoms with E-state index in [4.69, 9.17) is 0 Å². The highest BCUT2D eigenvalue weighted by molar-refractivity contribution is 9.10. The molecule has 0 unspecified atom stereocenters. The van der Waals surface area contributed by atoms with Gasteiger partial charge in [0.25, 0.3) is 5.91 Å². The molecule has 1 aliphatic heterocycles. The maximum Gasteiger partial charge on any atom is 0.257 e. The van der Waals surface area contributed by atoms with E-state index in [-0.39, 0.29) is 11.5 Å². The molecule has 1 heterocycles. The van der Waals surface area contributed by atoms with Crippen LogP contribution in [0.2, 0.25) is 0 Å². The van der Waals surface area contributed by atoms with Crippen LogP contribution in [0.5, 0.6) is 0 Å². The lowest BCUT2D eigenvalue weighted by Crippen LogP contribution is -2.40. The molecule has 1 amide bonds. The van der Waals surface area contributed by atoms with Crippen molar-refractivity contribution in [3.05, 3.63) is 34.1 Å². The zero-order chi connectivity index (χ0) is 13.8. The van der Waals surface area contributed by atoms with E-state index in [0.717, 1.165) is 19.4 Å². The zero-order valence-corrected chi connectivity index (χ0v) is 12.5. The number of hydrogen-bond acceptors (Lipinski definition) is 2. The smallest absolute Gasteiger partial charge is 0.257 e. The van der Waals surface area contributed by atoms with Crippen molar-refractivity contribution < 1.29 is 9.18 Å². The summed E-state index contributed by atoms with van der Waals surface area (Å²) in [6.45, 7) is 2.38. The molecular weight excluding hydrogens is 311 g/mol. The van der Waals surface area contributed by atoms with E-state index in [0.29, 0.717) is 23.5 Å². The second-order valence-corrected chi connectivity index (χ2v) is 5.74. The first-order valence-corrected chi connectivity index (χ1v) is 7.30. The minimum Gasteiger partial charge on any atom is -0.339 e. The summed E-state index contributed by atoms with van der Waals surface area (Å²) in [6.07, 6.45) is 1.94. The Labute approximate surface area is 121 Å². The maximum atomic E-state index is 13.8. The molecule has 1 aromatic rings. The molecule has 104 valence electrons. The van der Waals surface area contributed by atoms with Crippen LogP contribution in [0.4, 0.5) is 4.39 Å². The largest absolute Gasteiger partial charge is 0.339 e. The van der Waals surface area contributed by atoms with Gasteiger partial charge in [0, 0.05) is 17.6 Å². The Balaban J connectivity index is 2.05. The van der Waals surface area contributed by atoms with Crippen molar-refractivity contribution in [1.29, 1.82) is 0 Å². The number of amides is 1. The van der Waals surface area contributed by atoms with E-state index < -0.39 is 5.82 Å². The van der Waals surface area contributed by atoms with Gasteiger partial charge in [-0.15, -0.1) is 0 Å². The molecule has 19 heavy (non-hydrogen) atoms. The fourth-order valence-corrected chi connectivity index (χ4v) is 3.00. The number of carbonyl (C=O) groups excluding carboxylic acids is 1. The Morgan fingerprint density at radius 3 is 2.74 bits per heavy atom. The van der Waals surface area contributed by atoms with Crippen LogP contribution in [0.3, 0.4) is 0 Å². The van der Waals surface area contributed by atoms with Crippen molar-refractivity contribution in [3.8, 4) is 0 Å². The van der Waals surface area contributed by atoms with E-state index >= 15 is 0 Å². The molecule has 0 aromatic heterocycles. The van der Waals surface area contributed by atoms with Crippen LogP contribution in [0.25, 0.3) is 0 Å². The van der Waals surface area contributed by atoms with Crippen molar-refractivity contribution in [1.82, 2.24) is 10.2 Å². The third kappa shape index (κ3) is 3.34. The van der Waals surface area contributed by atoms with Gasteiger partial charge in [0.2, 0.25) is 0 Å². The number of carbonyl (C=O) groups is 1. The third-order valence-corrected chi connectivity index (χ3v) is 4.23. The summed E-state index contributed by atoms with van der Waals surface area (Å²) in [5.74, 6) is -0.0669. The lowest BCUT2D eigenvalue weighted by atomic mass is 9.96. The summed E-state index contributed by atoms with van der Waals surface area (Å²) in [5, 5.41) is 3.16. The van der Waals surface area contributed by atoms with Crippen molar-refractivity contribution in [2.24, 2.45) is 5.92 Å². The number of rotatable bonds is 3. The number of hydrogen-bond donors (Lipinski definition) is 1. The average Bonchev–Trinajstić information content (AvgIpc) is 2.39. The molecule has 0 aliphatic carbocycles. The van der Waals surface area contributed by atoms with Gasteiger partial charge in [-0.3, -0.25) is 4.79 Å². The van der Waals surface area contributed by atoms with Gasteiger partial charge < -0.3 is 10.2 Å². The molecule has 1 aromatic carbocycles. The predicted molar refractivity (Wildman–Crippen MR) is 76.7 cm³/mol. The lowest BCUT2D eigenvalue weighted by Gasteiger charge is -2.32. The Morgan fingerprint density at radius 1 is 1.47 bits per heavy atom. The SMILES string of the molecule is CNCC1CCN(C(=O)c2c(F)cccc2Br)CC1. The van der Waals surface area contributed by atoms with Gasteiger partial charge in [-0.1, -0.05) is 6.07 Å². The van der Waals surface area contributed by atoms with E-state index in [1.54, 1.807) is 17.0 Å². The monoisotopic (exact) mass is 328 g/mol. The number of piperidine rings is 1. The highest BCUT2D eigenvalue weighted by Gasteiger charge is 2.26. The molecule has 5 heteroatoms. The van der Waals surface area contributed by atoms with Gasteiger partial charge in [-0.05, 0) is 60.4 Å². The summed E-state index contributed by atoms with van der Waals surface area (Å²) in [7, 11) is 1.94. The minimum atomic E-state index is -0.461. The van der Waals surface area contributed by atoms with Gasteiger partial charge >= 0.3 is 0 Å². The molecule has 2 rings (SSSR count). The van der Waals surface area contributed by atoms with Crippen LogP contribution in [0.1, 0.15) is 23.2 Å². The molecular formula is C14H18BrFN2O. The molecule has 0 radical (unpaired) electrons. The highest BCUT2D eigenvalue weighted by atomic mass is 79.9. The first kappa shape index (κ1) is 14.5. The topological polar surface area (TPSA) is 32.3 Å². The van der Waals surface area contributed by atoms with Crippen molar-refractivity contribution in [2.45, 2.75) is 12.8 Å². The summed E-state index contributed by atoms with van der Waals surface area (Å²) >= 11 is 3.25. The van der Waals surface area contributed by atoms with Crippen LogP contribution < -0.4 is 5.32 Å². The molecule has 0 atom stereocenters. The van der Waals surface area contributed by atoms with Crippen LogP contribution >= 0.6 is 15.9 Å². The van der Waals surface area contributed by atoms with Crippen molar-refractivity contribution in [2.75, 3.05) is 26.7 Å². The number of benzene rings is 1. The Morgan fingerprint density at radius 2 is 2.16 bits per heavy atom. The Bertz CT molecular complexity index is 439. The fraction of sp³-hybridized carbons (Fsp3) is 0.500. The van der Waals surface area contributed by atoms with Crippen LogP contribution in [-0.2, 0) is 0 Å². The normalized spacial score (nSPS) is 16.7. The summed E-state index contributed by atoms with van der Waals surface area (Å²) < 4.78 is 14.3. The number of nitrogens with one attached hydrogen (secondary N) is 1. The first-order valence-electron chi connectivity index (χ1n) is 6.51. The number of nitrogens with zero attached hydrogens (tertiary/aromatic N) is 1. The molecule has 1 aliphatic rings. The number of halogens is 2. The maximum absolute atomic E-state index is 13.8. The average molecular weight is 329 g/mol. The van der Waals surface area contributed by atoms with E-state index in [1.807, 2.05) is 7.05 Å². The van der Waals surface area contributed by atoms with Gasteiger partial charge in [-0.2, -0.15) is 0 Å². The number of likely N-dealkylation sites (tertiary alicyclic amines) is 1. The summed E-state index contributed by atoms with van der Waals surface area (Å²) in [5.41, 5.74) is 0.148. The van der Waals surface area contributed by atoms with Crippen LogP contribution in [0.15, 0.2) is 22.7 Å². The molecule has 0 bridgehead atoms. The van der Waals surface area contributed by atoms with E-state index in [9.17, 15) is 9.18 Å². The Hall–Kier alpha value is -0.940. The Kier molecular flexibility index (Phi) is 4.93. The lowest BCUT2D eigenvalue weighted by molar-refractivity contribution is 0.0685. The van der Waals surface area contributed by atoms with Gasteiger partial charge in [0.15, 0.2) is 0 Å². The predicted octanol–water partition coefficient (Wildman–Crippen LogP) is 2.66. The molecule has 3 nitrogen and oxygen atoms in total. The molecule has 1 N–H and O–H groups in total. The highest BCUT2D eigenvalue weighted by Crippen LogP contribution is 2.24. The zero-order valence-electron chi connectivity index (χ0n) is 11.0. The molecule has 1 saturated heterocycles. The second-order valence-electron chi connectivity index (χ2n) is 4.89. The van der Waals surface area contributed by atoms with Crippen molar-refractivity contribution in [3.63, 3.8) is 0 Å². The summed E-state index contributed by atoms with van der Waals surface area (Å²) in [4.78, 5) is 14.1. The van der Waals surface area contributed by atoms with Crippen LogP contribution in [-0.4, -0.2) is 37.5 Å². The quantitative estimate of drug-likeness (QED) is 0.925. The van der Waals surface area contributed by atoms with E-state index in [2.05, 4.69) is 21.2 Å². The minimum absolute atomic E-state index is 0.148. The van der Waals surface area contributed by atoms with E-state index in [1.165, 1.54) is 6.07 Å². The van der Waals surface area contributed by atoms with Gasteiger partial charge in [0.05, 0.1) is 5.56 Å². The second kappa shape index (κ2) is 6.48. The first-order chi connectivity index (χ1) is 9.13. The van der Waals surface area contributed by atoms with Gasteiger partial charge in [-0.25, -0.2) is 4.39 Å². The molecule has 1 fully saturated rings. The summed E-state index contributed by atoms with van der Waals surface area (Å²) in [6, 6.07) is 4.62. The third-order valence-electron chi connectivity index (χ3n) is 3.57. The standard InChI is InChI=1S/C14H18BrFN2O/c1-17-9-10-5-7-18(8-6-10)14(19)13-11(15)3-2-4-12(13)16/h2-4,10,17H,5-9H2,1H3. The fourth-order valence-electron chi connectivity index (χ4n) is 2.49. The van der Waals surface area contributed by atoms with Gasteiger partial charge in [0.1, 0.15) is 5.82 Å². The molecule has 0 saturated carbocycles. The van der Waals surface area contributed by atoms with Crippen molar-refractivity contribution >= 4 is 21.8 Å². The molecule has 0 spiro atoms. The van der Waals surface area contributed by atoms with Crippen LogP contribution in [0, 0.1) is 11.7 Å².